The van der Waals surface area contributed by atoms with Crippen LogP contribution in [0.15, 0.2) is 18.3 Å². The molecule has 6 nitrogen and oxygen atoms in total. The Morgan fingerprint density at radius 2 is 2.11 bits per heavy atom. The molecule has 1 atom stereocenters. The van der Waals surface area contributed by atoms with Crippen molar-refractivity contribution in [2.75, 3.05) is 26.7 Å². The lowest BCUT2D eigenvalue weighted by Crippen LogP contribution is -2.52. The van der Waals surface area contributed by atoms with E-state index in [-0.39, 0.29) is 11.6 Å². The van der Waals surface area contributed by atoms with E-state index in [4.69, 9.17) is 5.11 Å². The van der Waals surface area contributed by atoms with Gasteiger partial charge in [0.1, 0.15) is 5.69 Å². The van der Waals surface area contributed by atoms with Gasteiger partial charge in [0, 0.05) is 31.9 Å². The molecule has 1 amide bonds. The first kappa shape index (κ1) is 13.5. The summed E-state index contributed by atoms with van der Waals surface area (Å²) in [7, 11) is 2.04. The van der Waals surface area contributed by atoms with Gasteiger partial charge in [0.25, 0.3) is 5.91 Å². The molecule has 0 radical (unpaired) electrons. The number of nitrogens with zero attached hydrogens (tertiary/aromatic N) is 3. The van der Waals surface area contributed by atoms with E-state index in [0.717, 1.165) is 6.54 Å². The minimum absolute atomic E-state index is 0.0525. The molecule has 1 aromatic rings. The highest BCUT2D eigenvalue weighted by molar-refractivity contribution is 5.95. The SMILES string of the molecule is CC1CN(C(=O)c2ccc(C(=O)O)nc2)CCN1C. The molecule has 0 spiro atoms. The third-order valence-electron chi connectivity index (χ3n) is 3.48. The molecule has 2 heterocycles. The quantitative estimate of drug-likeness (QED) is 0.843. The lowest BCUT2D eigenvalue weighted by Gasteiger charge is -2.37. The molecule has 0 bridgehead atoms. The Labute approximate surface area is 111 Å². The van der Waals surface area contributed by atoms with Crippen LogP contribution in [0.3, 0.4) is 0 Å². The summed E-state index contributed by atoms with van der Waals surface area (Å²) in [6.07, 6.45) is 1.33. The fourth-order valence-electron chi connectivity index (χ4n) is 2.06. The molecule has 0 aliphatic carbocycles. The zero-order valence-corrected chi connectivity index (χ0v) is 11.0. The van der Waals surface area contributed by atoms with Crippen LogP contribution in [0.4, 0.5) is 0 Å². The first-order valence-corrected chi connectivity index (χ1v) is 6.18. The zero-order valence-electron chi connectivity index (χ0n) is 11.0. The predicted octanol–water partition coefficient (Wildman–Crippen LogP) is 0.556. The standard InChI is InChI=1S/C13H17N3O3/c1-9-8-16(6-5-15(9)2)12(17)10-3-4-11(13(18)19)14-7-10/h3-4,7,9H,5-6,8H2,1-2H3,(H,18,19). The number of rotatable bonds is 2. The fourth-order valence-corrected chi connectivity index (χ4v) is 2.06. The number of hydrogen-bond donors (Lipinski definition) is 1. The molecule has 19 heavy (non-hydrogen) atoms. The number of carbonyl (C=O) groups excluding carboxylic acids is 1. The van der Waals surface area contributed by atoms with Crippen LogP contribution in [0.2, 0.25) is 0 Å². The van der Waals surface area contributed by atoms with E-state index in [1.807, 2.05) is 7.05 Å². The van der Waals surface area contributed by atoms with Crippen molar-refractivity contribution in [1.82, 2.24) is 14.8 Å². The van der Waals surface area contributed by atoms with Crippen LogP contribution in [-0.2, 0) is 0 Å². The molecule has 1 aliphatic rings. The summed E-state index contributed by atoms with van der Waals surface area (Å²) in [5, 5.41) is 8.76. The normalized spacial score (nSPS) is 20.3. The van der Waals surface area contributed by atoms with E-state index in [2.05, 4.69) is 16.8 Å². The fraction of sp³-hybridized carbons (Fsp3) is 0.462. The smallest absolute Gasteiger partial charge is 0.354 e. The summed E-state index contributed by atoms with van der Waals surface area (Å²) in [6.45, 7) is 4.27. The van der Waals surface area contributed by atoms with Gasteiger partial charge in [-0.25, -0.2) is 9.78 Å². The number of aromatic nitrogens is 1. The van der Waals surface area contributed by atoms with Crippen molar-refractivity contribution in [2.45, 2.75) is 13.0 Å². The number of aromatic carboxylic acids is 1. The maximum Gasteiger partial charge on any atom is 0.354 e. The Bertz CT molecular complexity index is 486. The molecule has 1 aromatic heterocycles. The van der Waals surface area contributed by atoms with Crippen LogP contribution in [0.5, 0.6) is 0 Å². The molecule has 0 saturated carbocycles. The largest absolute Gasteiger partial charge is 0.477 e. The third kappa shape index (κ3) is 2.90. The number of piperazine rings is 1. The van der Waals surface area contributed by atoms with Gasteiger partial charge in [0.15, 0.2) is 0 Å². The van der Waals surface area contributed by atoms with Crippen LogP contribution >= 0.6 is 0 Å². The monoisotopic (exact) mass is 263 g/mol. The zero-order chi connectivity index (χ0) is 14.0. The minimum Gasteiger partial charge on any atom is -0.477 e. The summed E-state index contributed by atoms with van der Waals surface area (Å²) in [6, 6.07) is 3.19. The van der Waals surface area contributed by atoms with Gasteiger partial charge in [0.2, 0.25) is 0 Å². The van der Waals surface area contributed by atoms with Crippen molar-refractivity contribution < 1.29 is 14.7 Å². The highest BCUT2D eigenvalue weighted by atomic mass is 16.4. The van der Waals surface area contributed by atoms with Crippen LogP contribution < -0.4 is 0 Å². The van der Waals surface area contributed by atoms with Crippen molar-refractivity contribution in [3.05, 3.63) is 29.6 Å². The number of hydrogen-bond acceptors (Lipinski definition) is 4. The van der Waals surface area contributed by atoms with Crippen molar-refractivity contribution in [3.8, 4) is 0 Å². The van der Waals surface area contributed by atoms with Gasteiger partial charge in [-0.2, -0.15) is 0 Å². The van der Waals surface area contributed by atoms with Gasteiger partial charge in [0.05, 0.1) is 5.56 Å². The van der Waals surface area contributed by atoms with E-state index in [1.165, 1.54) is 18.3 Å². The highest BCUT2D eigenvalue weighted by Crippen LogP contribution is 2.11. The molecule has 1 fully saturated rings. The van der Waals surface area contributed by atoms with Gasteiger partial charge in [-0.15, -0.1) is 0 Å². The van der Waals surface area contributed by atoms with E-state index in [0.29, 0.717) is 24.7 Å². The molecular weight excluding hydrogens is 246 g/mol. The second kappa shape index (κ2) is 5.36. The lowest BCUT2D eigenvalue weighted by atomic mass is 10.1. The van der Waals surface area contributed by atoms with E-state index in [1.54, 1.807) is 4.90 Å². The minimum atomic E-state index is -1.09. The molecule has 1 aliphatic heterocycles. The number of carbonyl (C=O) groups is 2. The Kier molecular flexibility index (Phi) is 3.80. The lowest BCUT2D eigenvalue weighted by molar-refractivity contribution is 0.0570. The Morgan fingerprint density at radius 1 is 1.37 bits per heavy atom. The Balaban J connectivity index is 2.09. The van der Waals surface area contributed by atoms with Crippen LogP contribution in [-0.4, -0.2) is 64.5 Å². The number of carboxylic acid groups (broad SMARTS) is 1. The second-order valence-corrected chi connectivity index (χ2v) is 4.82. The molecule has 6 heteroatoms. The molecule has 1 unspecified atom stereocenters. The Hall–Kier alpha value is -1.95. The molecular formula is C13H17N3O3. The maximum absolute atomic E-state index is 12.3. The third-order valence-corrected chi connectivity index (χ3v) is 3.48. The summed E-state index contributed by atoms with van der Waals surface area (Å²) >= 11 is 0. The van der Waals surface area contributed by atoms with Crippen molar-refractivity contribution in [2.24, 2.45) is 0 Å². The molecule has 1 saturated heterocycles. The van der Waals surface area contributed by atoms with Crippen LogP contribution in [0.1, 0.15) is 27.8 Å². The number of likely N-dealkylation sites (N-methyl/N-ethyl adjacent to an activating group) is 1. The van der Waals surface area contributed by atoms with E-state index < -0.39 is 5.97 Å². The predicted molar refractivity (Wildman–Crippen MR) is 69.2 cm³/mol. The topological polar surface area (TPSA) is 73.7 Å². The molecule has 102 valence electrons. The van der Waals surface area contributed by atoms with E-state index in [9.17, 15) is 9.59 Å². The molecule has 2 rings (SSSR count). The van der Waals surface area contributed by atoms with Gasteiger partial charge < -0.3 is 14.9 Å². The average molecular weight is 263 g/mol. The number of carboxylic acids is 1. The first-order chi connectivity index (χ1) is 8.99. The number of amides is 1. The first-order valence-electron chi connectivity index (χ1n) is 6.18. The summed E-state index contributed by atoms with van der Waals surface area (Å²) < 4.78 is 0. The maximum atomic E-state index is 12.3. The number of pyridine rings is 1. The van der Waals surface area contributed by atoms with Crippen LogP contribution in [0.25, 0.3) is 0 Å². The second-order valence-electron chi connectivity index (χ2n) is 4.82. The van der Waals surface area contributed by atoms with Crippen LogP contribution in [0, 0.1) is 0 Å². The summed E-state index contributed by atoms with van der Waals surface area (Å²) in [5.41, 5.74) is 0.380. The van der Waals surface area contributed by atoms with Crippen molar-refractivity contribution in [1.29, 1.82) is 0 Å². The summed E-state index contributed by atoms with van der Waals surface area (Å²) in [5.74, 6) is -1.18. The Morgan fingerprint density at radius 3 is 2.63 bits per heavy atom. The van der Waals surface area contributed by atoms with Gasteiger partial charge in [-0.05, 0) is 26.1 Å². The van der Waals surface area contributed by atoms with E-state index >= 15 is 0 Å². The van der Waals surface area contributed by atoms with Crippen molar-refractivity contribution >= 4 is 11.9 Å². The van der Waals surface area contributed by atoms with Gasteiger partial charge >= 0.3 is 5.97 Å². The average Bonchev–Trinajstić information content (AvgIpc) is 2.41. The van der Waals surface area contributed by atoms with Gasteiger partial charge in [-0.1, -0.05) is 0 Å². The molecule has 0 aromatic carbocycles. The summed E-state index contributed by atoms with van der Waals surface area (Å²) in [4.78, 5) is 30.7. The molecule has 1 N–H and O–H groups in total. The van der Waals surface area contributed by atoms with Crippen molar-refractivity contribution in [3.63, 3.8) is 0 Å². The van der Waals surface area contributed by atoms with Gasteiger partial charge in [-0.3, -0.25) is 4.79 Å². The highest BCUT2D eigenvalue weighted by Gasteiger charge is 2.25.